The van der Waals surface area contributed by atoms with Crippen LogP contribution in [0.3, 0.4) is 0 Å². The van der Waals surface area contributed by atoms with Gasteiger partial charge in [0.25, 0.3) is 0 Å². The number of nitrogens with one attached hydrogen (secondary N) is 2. The van der Waals surface area contributed by atoms with E-state index < -0.39 is 18.0 Å². The van der Waals surface area contributed by atoms with Gasteiger partial charge in [-0.2, -0.15) is 0 Å². The molecule has 35 heavy (non-hydrogen) atoms. The number of aromatic nitrogens is 1. The van der Waals surface area contributed by atoms with Gasteiger partial charge in [-0.05, 0) is 38.5 Å². The number of amides is 3. The molecule has 2 N–H and O–H groups in total. The molecule has 3 amide bonds. The number of ketones is 1. The first kappa shape index (κ1) is 24.5. The van der Waals surface area contributed by atoms with E-state index in [2.05, 4.69) is 15.9 Å². The van der Waals surface area contributed by atoms with E-state index in [1.54, 1.807) is 25.1 Å². The van der Waals surface area contributed by atoms with Crippen molar-refractivity contribution in [2.75, 3.05) is 42.5 Å². The Morgan fingerprint density at radius 2 is 2.09 bits per heavy atom. The maximum atomic E-state index is 15.1. The molecule has 2 saturated heterocycles. The Morgan fingerprint density at radius 1 is 1.26 bits per heavy atom. The number of cyclic esters (lactones) is 1. The first-order valence-corrected chi connectivity index (χ1v) is 11.5. The summed E-state index contributed by atoms with van der Waals surface area (Å²) in [4.78, 5) is 39.2. The van der Waals surface area contributed by atoms with Gasteiger partial charge < -0.3 is 24.3 Å². The van der Waals surface area contributed by atoms with Gasteiger partial charge in [0, 0.05) is 32.1 Å². The van der Waals surface area contributed by atoms with Crippen molar-refractivity contribution in [3.8, 4) is 0 Å². The molecule has 1 atom stereocenters. The number of hydrogen-bond donors (Lipinski definition) is 2. The fourth-order valence-corrected chi connectivity index (χ4v) is 4.08. The van der Waals surface area contributed by atoms with Crippen LogP contribution >= 0.6 is 0 Å². The second-order valence-corrected chi connectivity index (χ2v) is 8.63. The molecular formula is C23H29FN6O5. The number of Topliss-reactive ketones (excluding diaryl/α,β-unsaturated/α-hetero) is 1. The van der Waals surface area contributed by atoms with Gasteiger partial charge in [0.15, 0.2) is 0 Å². The summed E-state index contributed by atoms with van der Waals surface area (Å²) in [7, 11) is 0. The van der Waals surface area contributed by atoms with Crippen LogP contribution in [0.15, 0.2) is 28.8 Å². The van der Waals surface area contributed by atoms with Gasteiger partial charge in [-0.3, -0.25) is 9.91 Å². The summed E-state index contributed by atoms with van der Waals surface area (Å²) in [6, 6.07) is 6.06. The maximum absolute atomic E-state index is 15.1. The molecule has 4 rings (SSSR count). The highest BCUT2D eigenvalue weighted by atomic mass is 19.1. The molecule has 12 heteroatoms. The molecule has 1 aromatic carbocycles. The lowest BCUT2D eigenvalue weighted by molar-refractivity contribution is -0.117. The van der Waals surface area contributed by atoms with Gasteiger partial charge in [0.05, 0.1) is 31.0 Å². The monoisotopic (exact) mass is 488 g/mol. The van der Waals surface area contributed by atoms with Crippen LogP contribution in [-0.2, 0) is 16.1 Å². The summed E-state index contributed by atoms with van der Waals surface area (Å²) in [6.07, 6.45) is -0.165. The second kappa shape index (κ2) is 10.7. The molecule has 0 bridgehead atoms. The smallest absolute Gasteiger partial charge is 0.414 e. The van der Waals surface area contributed by atoms with Gasteiger partial charge >= 0.3 is 12.1 Å². The number of halogens is 1. The summed E-state index contributed by atoms with van der Waals surface area (Å²) in [5, 5.41) is 8.09. The van der Waals surface area contributed by atoms with E-state index in [9.17, 15) is 14.4 Å². The van der Waals surface area contributed by atoms with E-state index in [1.807, 2.05) is 4.90 Å². The van der Waals surface area contributed by atoms with Gasteiger partial charge in [-0.25, -0.2) is 19.4 Å². The molecule has 11 nitrogen and oxygen atoms in total. The Labute approximate surface area is 202 Å². The number of hydrazine groups is 1. The van der Waals surface area contributed by atoms with Gasteiger partial charge in [-0.15, -0.1) is 0 Å². The zero-order valence-corrected chi connectivity index (χ0v) is 19.8. The zero-order valence-electron chi connectivity index (χ0n) is 19.8. The van der Waals surface area contributed by atoms with Crippen LogP contribution in [0.25, 0.3) is 0 Å². The van der Waals surface area contributed by atoms with E-state index in [1.165, 1.54) is 22.9 Å². The Morgan fingerprint density at radius 3 is 2.80 bits per heavy atom. The molecular weight excluding hydrogens is 459 g/mol. The molecule has 2 fully saturated rings. The van der Waals surface area contributed by atoms with Crippen molar-refractivity contribution in [3.05, 3.63) is 41.5 Å². The highest BCUT2D eigenvalue weighted by molar-refractivity contribution is 5.90. The number of aryl methyl sites for hydroxylation is 1. The van der Waals surface area contributed by atoms with E-state index in [0.717, 1.165) is 0 Å². The molecule has 0 aliphatic carbocycles. The number of nitrogens with zero attached hydrogens (tertiary/aromatic N) is 4. The number of hydrogen-bond acceptors (Lipinski definition) is 8. The van der Waals surface area contributed by atoms with E-state index >= 15 is 4.39 Å². The van der Waals surface area contributed by atoms with Gasteiger partial charge in [0.2, 0.25) is 0 Å². The van der Waals surface area contributed by atoms with E-state index in [0.29, 0.717) is 61.8 Å². The minimum Gasteiger partial charge on any atom is -0.444 e. The van der Waals surface area contributed by atoms with Gasteiger partial charge in [0.1, 0.15) is 29.2 Å². The van der Waals surface area contributed by atoms with E-state index in [-0.39, 0.29) is 24.9 Å². The lowest BCUT2D eigenvalue weighted by Gasteiger charge is -2.24. The van der Waals surface area contributed by atoms with Crippen molar-refractivity contribution < 1.29 is 28.0 Å². The van der Waals surface area contributed by atoms with Crippen molar-refractivity contribution in [1.82, 2.24) is 20.9 Å². The van der Waals surface area contributed by atoms with Crippen LogP contribution in [0.2, 0.25) is 0 Å². The fourth-order valence-electron chi connectivity index (χ4n) is 4.08. The van der Waals surface area contributed by atoms with Crippen molar-refractivity contribution >= 4 is 29.3 Å². The SMILES string of the molecule is CC(=O)CC[C@H]1CN(c2ccc(N3CCNN(C(=O)NCc4cc(C)on4)CC3)c(F)c2)C(=O)O1. The highest BCUT2D eigenvalue weighted by Gasteiger charge is 2.33. The third-order valence-electron chi connectivity index (χ3n) is 5.90. The lowest BCUT2D eigenvalue weighted by Crippen LogP contribution is -2.48. The third-order valence-corrected chi connectivity index (χ3v) is 5.90. The normalized spacial score (nSPS) is 18.4. The summed E-state index contributed by atoms with van der Waals surface area (Å²) in [5.41, 5.74) is 4.46. The Hall–Kier alpha value is -3.67. The van der Waals surface area contributed by atoms with Crippen LogP contribution in [0.1, 0.15) is 31.2 Å². The largest absolute Gasteiger partial charge is 0.444 e. The maximum Gasteiger partial charge on any atom is 0.414 e. The van der Waals surface area contributed by atoms with Crippen LogP contribution < -0.4 is 20.5 Å². The molecule has 0 spiro atoms. The topological polar surface area (TPSA) is 120 Å². The van der Waals surface area contributed by atoms with Crippen LogP contribution in [0.5, 0.6) is 0 Å². The zero-order chi connectivity index (χ0) is 24.9. The number of ether oxygens (including phenoxy) is 1. The number of carbonyl (C=O) groups is 3. The molecule has 2 aliphatic rings. The lowest BCUT2D eigenvalue weighted by atomic mass is 10.1. The summed E-state index contributed by atoms with van der Waals surface area (Å²) in [5.74, 6) is 0.227. The average Bonchev–Trinajstić information content (AvgIpc) is 3.32. The van der Waals surface area contributed by atoms with Crippen molar-refractivity contribution in [2.24, 2.45) is 0 Å². The molecule has 1 aromatic heterocycles. The minimum atomic E-state index is -0.549. The molecule has 2 aliphatic heterocycles. The molecule has 0 saturated carbocycles. The van der Waals surface area contributed by atoms with Crippen LogP contribution in [0.4, 0.5) is 25.4 Å². The predicted octanol–water partition coefficient (Wildman–Crippen LogP) is 2.35. The number of carbonyl (C=O) groups excluding carboxylic acids is 3. The number of anilines is 2. The first-order valence-electron chi connectivity index (χ1n) is 11.5. The summed E-state index contributed by atoms with van der Waals surface area (Å²) >= 11 is 0. The fraction of sp³-hybridized carbons (Fsp3) is 0.478. The molecule has 0 radical (unpaired) electrons. The van der Waals surface area contributed by atoms with Crippen molar-refractivity contribution in [1.29, 1.82) is 0 Å². The quantitative estimate of drug-likeness (QED) is 0.610. The summed E-state index contributed by atoms with van der Waals surface area (Å²) < 4.78 is 25.4. The van der Waals surface area contributed by atoms with Gasteiger partial charge in [-0.1, -0.05) is 5.16 Å². The number of urea groups is 1. The first-order chi connectivity index (χ1) is 16.8. The Bertz CT molecular complexity index is 1090. The van der Waals surface area contributed by atoms with Crippen molar-refractivity contribution in [2.45, 2.75) is 39.3 Å². The Kier molecular flexibility index (Phi) is 7.49. The van der Waals surface area contributed by atoms with Crippen LogP contribution in [-0.4, -0.2) is 66.9 Å². The molecule has 0 unspecified atom stereocenters. The average molecular weight is 489 g/mol. The molecule has 3 heterocycles. The predicted molar refractivity (Wildman–Crippen MR) is 124 cm³/mol. The number of benzene rings is 1. The van der Waals surface area contributed by atoms with E-state index in [4.69, 9.17) is 9.26 Å². The molecule has 188 valence electrons. The van der Waals surface area contributed by atoms with Crippen LogP contribution in [0, 0.1) is 12.7 Å². The molecule has 2 aromatic rings. The highest BCUT2D eigenvalue weighted by Crippen LogP contribution is 2.29. The summed E-state index contributed by atoms with van der Waals surface area (Å²) in [6.45, 7) is 5.46. The van der Waals surface area contributed by atoms with Crippen molar-refractivity contribution in [3.63, 3.8) is 0 Å². The number of rotatable bonds is 7. The standard InChI is InChI=1S/C23H29FN6O5/c1-15(31)3-5-19-14-29(23(33)34-19)18-4-6-21(20(24)12-18)28-8-7-26-30(10-9-28)22(32)25-13-17-11-16(2)35-27-17/h4,6,11-12,19,26H,3,5,7-10,13-14H2,1-2H3,(H,25,32)/t19-/m0/s1. The Balaban J connectivity index is 1.33. The minimum absolute atomic E-state index is 0.0305. The second-order valence-electron chi connectivity index (χ2n) is 8.63. The third kappa shape index (κ3) is 6.07.